The lowest BCUT2D eigenvalue weighted by molar-refractivity contribution is 0.176. The van der Waals surface area contributed by atoms with Crippen LogP contribution in [0.4, 0.5) is 0 Å². The van der Waals surface area contributed by atoms with Gasteiger partial charge in [-0.1, -0.05) is 50.5 Å². The summed E-state index contributed by atoms with van der Waals surface area (Å²) in [5.74, 6) is 0. The van der Waals surface area contributed by atoms with Gasteiger partial charge < -0.3 is 10.2 Å². The predicted octanol–water partition coefficient (Wildman–Crippen LogP) is 3.77. The fourth-order valence-electron chi connectivity index (χ4n) is 3.31. The first-order chi connectivity index (χ1) is 9.74. The van der Waals surface area contributed by atoms with Crippen molar-refractivity contribution < 1.29 is 0 Å². The minimum atomic E-state index is 0.438. The summed E-state index contributed by atoms with van der Waals surface area (Å²) < 4.78 is 0. The largest absolute Gasteiger partial charge is 0.312 e. The lowest BCUT2D eigenvalue weighted by Gasteiger charge is -2.33. The van der Waals surface area contributed by atoms with Gasteiger partial charge in [0.2, 0.25) is 0 Å². The molecule has 0 bridgehead atoms. The Balaban J connectivity index is 1.96. The molecule has 1 atom stereocenters. The molecule has 0 aliphatic heterocycles. The molecule has 0 radical (unpaired) electrons. The molecular formula is C18H30N2. The van der Waals surface area contributed by atoms with Gasteiger partial charge in [0.15, 0.2) is 0 Å². The molecule has 1 aromatic carbocycles. The molecule has 1 N–H and O–H groups in total. The maximum Gasteiger partial charge on any atom is 0.0446 e. The highest BCUT2D eigenvalue weighted by atomic mass is 15.1. The number of nitrogens with one attached hydrogen (secondary N) is 1. The summed E-state index contributed by atoms with van der Waals surface area (Å²) in [6.45, 7) is 3.31. The molecule has 2 rings (SSSR count). The van der Waals surface area contributed by atoms with Gasteiger partial charge >= 0.3 is 0 Å². The number of likely N-dealkylation sites (N-methyl/N-ethyl adjacent to an activating group) is 2. The first-order valence-electron chi connectivity index (χ1n) is 8.21. The maximum absolute atomic E-state index is 3.48. The van der Waals surface area contributed by atoms with Gasteiger partial charge in [0.05, 0.1) is 0 Å². The van der Waals surface area contributed by atoms with Gasteiger partial charge in [-0.2, -0.15) is 0 Å². The minimum absolute atomic E-state index is 0.438. The zero-order chi connectivity index (χ0) is 14.4. The third-order valence-corrected chi connectivity index (χ3v) is 4.81. The molecule has 0 saturated heterocycles. The fraction of sp³-hybridized carbons (Fsp3) is 0.667. The average molecular weight is 274 g/mol. The second-order valence-corrected chi connectivity index (χ2v) is 6.17. The smallest absolute Gasteiger partial charge is 0.0446 e. The lowest BCUT2D eigenvalue weighted by Crippen LogP contribution is -2.39. The first-order valence-corrected chi connectivity index (χ1v) is 8.21. The summed E-state index contributed by atoms with van der Waals surface area (Å²) in [6, 6.07) is 10.3. The Morgan fingerprint density at radius 2 is 1.80 bits per heavy atom. The van der Waals surface area contributed by atoms with Gasteiger partial charge in [-0.15, -0.1) is 0 Å². The van der Waals surface area contributed by atoms with Crippen molar-refractivity contribution >= 4 is 0 Å². The summed E-state index contributed by atoms with van der Waals surface area (Å²) in [5, 5.41) is 3.48. The van der Waals surface area contributed by atoms with Crippen LogP contribution in [0.15, 0.2) is 24.3 Å². The first kappa shape index (κ1) is 15.5. The molecule has 1 saturated carbocycles. The second kappa shape index (κ2) is 7.80. The molecule has 1 aromatic rings. The van der Waals surface area contributed by atoms with E-state index in [1.807, 2.05) is 0 Å². The standard InChI is InChI=1S/C18H30N2/c1-4-15-10-12-16(13-11-15)18(19-2)14-20(3)17-8-6-5-7-9-17/h10-13,17-19H,4-9,14H2,1-3H3. The fourth-order valence-corrected chi connectivity index (χ4v) is 3.31. The van der Waals surface area contributed by atoms with E-state index in [0.29, 0.717) is 6.04 Å². The van der Waals surface area contributed by atoms with Crippen molar-refractivity contribution in [1.82, 2.24) is 10.2 Å². The summed E-state index contributed by atoms with van der Waals surface area (Å²) >= 11 is 0. The van der Waals surface area contributed by atoms with Crippen molar-refractivity contribution in [1.29, 1.82) is 0 Å². The minimum Gasteiger partial charge on any atom is -0.312 e. The number of aryl methyl sites for hydroxylation is 1. The molecule has 1 aliphatic rings. The van der Waals surface area contributed by atoms with E-state index in [0.717, 1.165) is 19.0 Å². The molecule has 2 heteroatoms. The molecule has 2 nitrogen and oxygen atoms in total. The number of benzene rings is 1. The summed E-state index contributed by atoms with van der Waals surface area (Å²) in [6.07, 6.45) is 8.11. The number of nitrogens with zero attached hydrogens (tertiary/aromatic N) is 1. The van der Waals surface area contributed by atoms with E-state index in [1.165, 1.54) is 43.2 Å². The molecule has 0 heterocycles. The molecule has 0 amide bonds. The SMILES string of the molecule is CCc1ccc(C(CN(C)C2CCCCC2)NC)cc1. The Hall–Kier alpha value is -0.860. The predicted molar refractivity (Wildman–Crippen MR) is 87.1 cm³/mol. The van der Waals surface area contributed by atoms with Crippen LogP contribution in [0.2, 0.25) is 0 Å². The Kier molecular flexibility index (Phi) is 6.06. The molecule has 0 spiro atoms. The van der Waals surface area contributed by atoms with Crippen LogP contribution in [0, 0.1) is 0 Å². The van der Waals surface area contributed by atoms with Crippen LogP contribution in [0.25, 0.3) is 0 Å². The van der Waals surface area contributed by atoms with Gasteiger partial charge in [-0.05, 0) is 44.5 Å². The van der Waals surface area contributed by atoms with Crippen molar-refractivity contribution in [3.8, 4) is 0 Å². The van der Waals surface area contributed by atoms with Crippen LogP contribution < -0.4 is 5.32 Å². The topological polar surface area (TPSA) is 15.3 Å². The van der Waals surface area contributed by atoms with E-state index in [1.54, 1.807) is 0 Å². The number of rotatable bonds is 6. The lowest BCUT2D eigenvalue weighted by atomic mass is 9.94. The third-order valence-electron chi connectivity index (χ3n) is 4.81. The highest BCUT2D eigenvalue weighted by molar-refractivity contribution is 5.25. The average Bonchev–Trinajstić information content (AvgIpc) is 2.53. The van der Waals surface area contributed by atoms with Crippen molar-refractivity contribution in [3.05, 3.63) is 35.4 Å². The van der Waals surface area contributed by atoms with Gasteiger partial charge in [-0.3, -0.25) is 0 Å². The molecule has 1 unspecified atom stereocenters. The second-order valence-electron chi connectivity index (χ2n) is 6.17. The monoisotopic (exact) mass is 274 g/mol. The van der Waals surface area contributed by atoms with E-state index >= 15 is 0 Å². The van der Waals surface area contributed by atoms with E-state index in [9.17, 15) is 0 Å². The van der Waals surface area contributed by atoms with Crippen molar-refractivity contribution in [2.45, 2.75) is 57.5 Å². The molecule has 1 aliphatic carbocycles. The van der Waals surface area contributed by atoms with Crippen molar-refractivity contribution in [2.24, 2.45) is 0 Å². The molecule has 20 heavy (non-hydrogen) atoms. The Morgan fingerprint density at radius 3 is 2.35 bits per heavy atom. The summed E-state index contributed by atoms with van der Waals surface area (Å²) in [4.78, 5) is 2.56. The van der Waals surface area contributed by atoms with Gasteiger partial charge in [-0.25, -0.2) is 0 Å². The zero-order valence-corrected chi connectivity index (χ0v) is 13.4. The highest BCUT2D eigenvalue weighted by Gasteiger charge is 2.20. The summed E-state index contributed by atoms with van der Waals surface area (Å²) in [5.41, 5.74) is 2.83. The Bertz CT molecular complexity index is 379. The molecular weight excluding hydrogens is 244 g/mol. The van der Waals surface area contributed by atoms with E-state index in [2.05, 4.69) is 55.5 Å². The van der Waals surface area contributed by atoms with Crippen LogP contribution >= 0.6 is 0 Å². The highest BCUT2D eigenvalue weighted by Crippen LogP contribution is 2.24. The van der Waals surface area contributed by atoms with Crippen LogP contribution in [-0.4, -0.2) is 31.6 Å². The van der Waals surface area contributed by atoms with E-state index in [-0.39, 0.29) is 0 Å². The van der Waals surface area contributed by atoms with Gasteiger partial charge in [0.25, 0.3) is 0 Å². The van der Waals surface area contributed by atoms with E-state index < -0.39 is 0 Å². The normalized spacial score (nSPS) is 18.4. The molecule has 112 valence electrons. The van der Waals surface area contributed by atoms with Gasteiger partial charge in [0, 0.05) is 18.6 Å². The number of hydrogen-bond donors (Lipinski definition) is 1. The number of hydrogen-bond acceptors (Lipinski definition) is 2. The molecule has 0 aromatic heterocycles. The van der Waals surface area contributed by atoms with E-state index in [4.69, 9.17) is 0 Å². The summed E-state index contributed by atoms with van der Waals surface area (Å²) in [7, 11) is 4.37. The van der Waals surface area contributed by atoms with Crippen LogP contribution in [0.3, 0.4) is 0 Å². The van der Waals surface area contributed by atoms with Crippen molar-refractivity contribution in [3.63, 3.8) is 0 Å². The quantitative estimate of drug-likeness (QED) is 0.849. The van der Waals surface area contributed by atoms with Crippen LogP contribution in [0.5, 0.6) is 0 Å². The van der Waals surface area contributed by atoms with Crippen LogP contribution in [-0.2, 0) is 6.42 Å². The zero-order valence-electron chi connectivity index (χ0n) is 13.4. The maximum atomic E-state index is 3.48. The Labute approximate surface area is 124 Å². The molecule has 1 fully saturated rings. The van der Waals surface area contributed by atoms with Gasteiger partial charge in [0.1, 0.15) is 0 Å². The Morgan fingerprint density at radius 1 is 1.15 bits per heavy atom. The van der Waals surface area contributed by atoms with Crippen molar-refractivity contribution in [2.75, 3.05) is 20.6 Å². The van der Waals surface area contributed by atoms with Crippen LogP contribution in [0.1, 0.15) is 56.2 Å². The third kappa shape index (κ3) is 4.07.